The van der Waals surface area contributed by atoms with Crippen LogP contribution < -0.4 is 0 Å². The quantitative estimate of drug-likeness (QED) is 0.797. The summed E-state index contributed by atoms with van der Waals surface area (Å²) in [7, 11) is -4.04. The van der Waals surface area contributed by atoms with Gasteiger partial charge in [0.15, 0.2) is 6.10 Å². The van der Waals surface area contributed by atoms with E-state index in [4.69, 9.17) is 11.2 Å². The van der Waals surface area contributed by atoms with Crippen LogP contribution in [0.1, 0.15) is 30.5 Å². The minimum absolute atomic E-state index is 0.142. The number of terminal acetylenes is 1. The smallest absolute Gasteiger partial charge is 0.425 e. The maximum absolute atomic E-state index is 13.1. The third-order valence-corrected chi connectivity index (χ3v) is 6.03. The van der Waals surface area contributed by atoms with Crippen molar-refractivity contribution in [2.45, 2.75) is 51.7 Å². The van der Waals surface area contributed by atoms with Crippen LogP contribution in [0, 0.1) is 39.0 Å². The number of aryl methyl sites for hydroxylation is 3. The van der Waals surface area contributed by atoms with E-state index in [1.165, 1.54) is 0 Å². The molecular weight excluding hydrogens is 314 g/mol. The Labute approximate surface area is 137 Å². The molecule has 0 aliphatic carbocycles. The summed E-state index contributed by atoms with van der Waals surface area (Å²) in [6, 6.07) is 2.85. The number of amides is 1. The van der Waals surface area contributed by atoms with Gasteiger partial charge in [-0.1, -0.05) is 37.5 Å². The number of hydrogen-bond donors (Lipinski definition) is 0. The van der Waals surface area contributed by atoms with E-state index in [2.05, 4.69) is 5.92 Å². The van der Waals surface area contributed by atoms with Gasteiger partial charge in [-0.25, -0.2) is 13.2 Å². The molecule has 0 radical (unpaired) electrons. The third-order valence-electron chi connectivity index (χ3n) is 3.96. The van der Waals surface area contributed by atoms with E-state index in [1.807, 2.05) is 20.8 Å². The SMILES string of the molecule is C#C[C@H]1OC(=O)N(S(=O)(=O)c2c(C)cc(C)cc2C)[C@H]1C(C)C. The average molecular weight is 335 g/mol. The first-order valence-corrected chi connectivity index (χ1v) is 8.84. The molecule has 0 N–H and O–H groups in total. The van der Waals surface area contributed by atoms with E-state index in [0.29, 0.717) is 11.1 Å². The number of carbonyl (C=O) groups is 1. The molecule has 1 aromatic rings. The van der Waals surface area contributed by atoms with Crippen LogP contribution in [-0.2, 0) is 14.8 Å². The zero-order chi connectivity index (χ0) is 17.5. The molecule has 0 aromatic heterocycles. The third kappa shape index (κ3) is 2.81. The molecule has 6 heteroatoms. The van der Waals surface area contributed by atoms with Gasteiger partial charge in [0, 0.05) is 0 Å². The minimum Gasteiger partial charge on any atom is -0.430 e. The number of rotatable bonds is 3. The van der Waals surface area contributed by atoms with Crippen molar-refractivity contribution in [2.24, 2.45) is 5.92 Å². The van der Waals surface area contributed by atoms with Crippen molar-refractivity contribution in [2.75, 3.05) is 0 Å². The molecule has 1 aromatic carbocycles. The molecule has 2 rings (SSSR count). The molecule has 0 spiro atoms. The van der Waals surface area contributed by atoms with Crippen LogP contribution in [0.3, 0.4) is 0 Å². The first kappa shape index (κ1) is 17.4. The molecule has 1 amide bonds. The van der Waals surface area contributed by atoms with E-state index < -0.39 is 28.3 Å². The molecule has 2 atom stereocenters. The highest BCUT2D eigenvalue weighted by atomic mass is 32.2. The van der Waals surface area contributed by atoms with Crippen molar-refractivity contribution < 1.29 is 17.9 Å². The van der Waals surface area contributed by atoms with Crippen molar-refractivity contribution in [1.82, 2.24) is 4.31 Å². The maximum atomic E-state index is 13.1. The lowest BCUT2D eigenvalue weighted by Crippen LogP contribution is -2.44. The predicted octanol–water partition coefficient (Wildman–Crippen LogP) is 2.78. The maximum Gasteiger partial charge on any atom is 0.425 e. The van der Waals surface area contributed by atoms with Crippen LogP contribution in [0.5, 0.6) is 0 Å². The molecule has 1 aliphatic rings. The lowest BCUT2D eigenvalue weighted by molar-refractivity contribution is 0.152. The highest BCUT2D eigenvalue weighted by molar-refractivity contribution is 7.89. The summed E-state index contributed by atoms with van der Waals surface area (Å²) in [5.41, 5.74) is 2.16. The standard InChI is InChI=1S/C17H21NO4S/c1-7-14-15(10(2)3)18(17(19)22-14)23(20,21)16-12(5)8-11(4)9-13(16)6/h1,8-10,14-15H,2-6H3/t14-,15+/m1/s1. The van der Waals surface area contributed by atoms with Gasteiger partial charge in [0.05, 0.1) is 4.90 Å². The molecule has 0 saturated carbocycles. The van der Waals surface area contributed by atoms with Gasteiger partial charge in [-0.3, -0.25) is 0 Å². The Bertz CT molecular complexity index is 766. The number of cyclic esters (lactones) is 1. The Balaban J connectivity index is 2.64. The molecule has 1 heterocycles. The summed E-state index contributed by atoms with van der Waals surface area (Å²) < 4.78 is 32.2. The van der Waals surface area contributed by atoms with Crippen LogP contribution in [0.4, 0.5) is 4.79 Å². The van der Waals surface area contributed by atoms with Gasteiger partial charge in [-0.2, -0.15) is 4.31 Å². The number of carbonyl (C=O) groups excluding carboxylic acids is 1. The molecular formula is C17H21NO4S. The Hall–Kier alpha value is -2.00. The van der Waals surface area contributed by atoms with Gasteiger partial charge in [-0.05, 0) is 37.8 Å². The fourth-order valence-corrected chi connectivity index (χ4v) is 5.20. The number of hydrogen-bond acceptors (Lipinski definition) is 4. The Morgan fingerprint density at radius 3 is 2.17 bits per heavy atom. The molecule has 5 nitrogen and oxygen atoms in total. The van der Waals surface area contributed by atoms with Crippen LogP contribution in [-0.4, -0.2) is 31.0 Å². The van der Waals surface area contributed by atoms with Gasteiger partial charge in [0.25, 0.3) is 10.0 Å². The second kappa shape index (κ2) is 5.89. The lowest BCUT2D eigenvalue weighted by Gasteiger charge is -2.26. The van der Waals surface area contributed by atoms with Crippen molar-refractivity contribution in [3.05, 3.63) is 28.8 Å². The first-order valence-electron chi connectivity index (χ1n) is 7.40. The molecule has 1 aliphatic heterocycles. The normalized spacial score (nSPS) is 21.4. The zero-order valence-corrected chi connectivity index (χ0v) is 14.8. The fourth-order valence-electron chi connectivity index (χ4n) is 3.16. The topological polar surface area (TPSA) is 63.7 Å². The summed E-state index contributed by atoms with van der Waals surface area (Å²) in [6.07, 6.45) is 3.62. The fraction of sp³-hybridized carbons (Fsp3) is 0.471. The molecule has 124 valence electrons. The van der Waals surface area contributed by atoms with Gasteiger partial charge in [-0.15, -0.1) is 6.42 Å². The summed E-state index contributed by atoms with van der Waals surface area (Å²) in [4.78, 5) is 12.3. The molecule has 23 heavy (non-hydrogen) atoms. The van der Waals surface area contributed by atoms with Crippen LogP contribution in [0.25, 0.3) is 0 Å². The molecule has 0 unspecified atom stereocenters. The Kier molecular flexibility index (Phi) is 4.45. The highest BCUT2D eigenvalue weighted by Crippen LogP contribution is 2.34. The second-order valence-electron chi connectivity index (χ2n) is 6.23. The van der Waals surface area contributed by atoms with Gasteiger partial charge < -0.3 is 4.74 Å². The van der Waals surface area contributed by atoms with E-state index >= 15 is 0 Å². The largest absolute Gasteiger partial charge is 0.430 e. The monoisotopic (exact) mass is 335 g/mol. The predicted molar refractivity (Wildman–Crippen MR) is 87.4 cm³/mol. The van der Waals surface area contributed by atoms with E-state index in [0.717, 1.165) is 9.87 Å². The molecule has 1 fully saturated rings. The van der Waals surface area contributed by atoms with Crippen LogP contribution >= 0.6 is 0 Å². The summed E-state index contributed by atoms with van der Waals surface area (Å²) in [5, 5.41) is 0. The number of benzene rings is 1. The molecule has 0 bridgehead atoms. The van der Waals surface area contributed by atoms with E-state index in [1.54, 1.807) is 26.0 Å². The van der Waals surface area contributed by atoms with Gasteiger partial charge >= 0.3 is 6.09 Å². The van der Waals surface area contributed by atoms with Crippen LogP contribution in [0.15, 0.2) is 17.0 Å². The van der Waals surface area contributed by atoms with Crippen molar-refractivity contribution in [3.8, 4) is 12.3 Å². The summed E-state index contributed by atoms with van der Waals surface area (Å²) in [5.74, 6) is 2.20. The van der Waals surface area contributed by atoms with Crippen LogP contribution in [0.2, 0.25) is 0 Å². The minimum atomic E-state index is -4.04. The Morgan fingerprint density at radius 2 is 1.74 bits per heavy atom. The lowest BCUT2D eigenvalue weighted by atomic mass is 10.00. The van der Waals surface area contributed by atoms with Gasteiger partial charge in [0.1, 0.15) is 6.04 Å². The van der Waals surface area contributed by atoms with E-state index in [-0.39, 0.29) is 10.8 Å². The van der Waals surface area contributed by atoms with Gasteiger partial charge in [0.2, 0.25) is 0 Å². The average Bonchev–Trinajstić information content (AvgIpc) is 2.74. The summed E-state index contributed by atoms with van der Waals surface area (Å²) >= 11 is 0. The highest BCUT2D eigenvalue weighted by Gasteiger charge is 2.50. The number of ether oxygens (including phenoxy) is 1. The van der Waals surface area contributed by atoms with E-state index in [9.17, 15) is 13.2 Å². The number of sulfonamides is 1. The first-order chi connectivity index (χ1) is 10.6. The zero-order valence-electron chi connectivity index (χ0n) is 14.0. The summed E-state index contributed by atoms with van der Waals surface area (Å²) in [6.45, 7) is 8.96. The number of nitrogens with zero attached hydrogens (tertiary/aromatic N) is 1. The van der Waals surface area contributed by atoms with Crippen molar-refractivity contribution in [3.63, 3.8) is 0 Å². The van der Waals surface area contributed by atoms with Crippen molar-refractivity contribution in [1.29, 1.82) is 0 Å². The van der Waals surface area contributed by atoms with Crippen molar-refractivity contribution >= 4 is 16.1 Å². The second-order valence-corrected chi connectivity index (χ2v) is 7.99. The Morgan fingerprint density at radius 1 is 1.22 bits per heavy atom. The molecule has 1 saturated heterocycles.